The summed E-state index contributed by atoms with van der Waals surface area (Å²) < 4.78 is 18.2. The van der Waals surface area contributed by atoms with Crippen LogP contribution in [0.5, 0.6) is 11.5 Å². The van der Waals surface area contributed by atoms with Crippen molar-refractivity contribution >= 4 is 0 Å². The third kappa shape index (κ3) is 2.35. The third-order valence-electron chi connectivity index (χ3n) is 3.86. The molecule has 2 aliphatic heterocycles. The Hall–Kier alpha value is -2.08. The Balaban J connectivity index is 1.62. The number of ether oxygens (including phenoxy) is 3. The van der Waals surface area contributed by atoms with Crippen LogP contribution in [0.1, 0.15) is 29.7 Å². The lowest BCUT2D eigenvalue weighted by Gasteiger charge is -2.11. The lowest BCUT2D eigenvalue weighted by Crippen LogP contribution is -2.14. The molecule has 1 unspecified atom stereocenters. The molecule has 1 saturated heterocycles. The maximum atomic E-state index is 5.46. The summed E-state index contributed by atoms with van der Waals surface area (Å²) in [5.74, 6) is 3.39. The Kier molecular flexibility index (Phi) is 3.03. The topological polar surface area (TPSA) is 58.4 Å². The summed E-state index contributed by atoms with van der Waals surface area (Å²) in [5.41, 5.74) is 1.15. The Morgan fingerprint density at radius 1 is 1.29 bits per heavy atom. The fourth-order valence-electron chi connectivity index (χ4n) is 2.84. The van der Waals surface area contributed by atoms with Crippen molar-refractivity contribution in [3.8, 4) is 11.5 Å². The minimum absolute atomic E-state index is 0.299. The number of hydrogen-bond donors (Lipinski definition) is 0. The molecule has 0 saturated carbocycles. The summed E-state index contributed by atoms with van der Waals surface area (Å²) in [4.78, 5) is 4.57. The second kappa shape index (κ2) is 5.04. The normalized spacial score (nSPS) is 20.1. The predicted molar refractivity (Wildman–Crippen MR) is 74.6 cm³/mol. The van der Waals surface area contributed by atoms with Gasteiger partial charge in [0.1, 0.15) is 11.6 Å². The number of nitrogens with zero attached hydrogens (tertiary/aromatic N) is 3. The van der Waals surface area contributed by atoms with Crippen LogP contribution in [0.4, 0.5) is 0 Å². The molecule has 0 N–H and O–H groups in total. The highest BCUT2D eigenvalue weighted by atomic mass is 16.7. The number of rotatable bonds is 3. The number of hydrogen-bond acceptors (Lipinski definition) is 5. The number of aryl methyl sites for hydroxylation is 1. The van der Waals surface area contributed by atoms with Crippen LogP contribution in [0.25, 0.3) is 0 Å². The smallest absolute Gasteiger partial charge is 0.231 e. The van der Waals surface area contributed by atoms with Crippen molar-refractivity contribution in [3.63, 3.8) is 0 Å². The Labute approximate surface area is 122 Å². The van der Waals surface area contributed by atoms with Crippen molar-refractivity contribution in [2.24, 2.45) is 0 Å². The molecule has 1 aromatic heterocycles. The summed E-state index contributed by atoms with van der Waals surface area (Å²) in [5, 5.41) is 4.53. The van der Waals surface area contributed by atoms with Crippen LogP contribution in [-0.4, -0.2) is 34.8 Å². The van der Waals surface area contributed by atoms with Crippen LogP contribution in [0.15, 0.2) is 18.2 Å². The van der Waals surface area contributed by atoms with Gasteiger partial charge in [0, 0.05) is 13.0 Å². The Morgan fingerprint density at radius 3 is 3.05 bits per heavy atom. The standard InChI is InChI=1S/C15H17N3O3/c1-10-16-15(18(17-10)12-4-5-19-8-12)7-11-2-3-13-14(6-11)21-9-20-13/h2-3,6,12H,4-5,7-9H2,1H3. The summed E-state index contributed by atoms with van der Waals surface area (Å²) in [6, 6.07) is 6.31. The highest BCUT2D eigenvalue weighted by molar-refractivity contribution is 5.45. The van der Waals surface area contributed by atoms with Gasteiger partial charge in [0.05, 0.1) is 12.6 Å². The van der Waals surface area contributed by atoms with E-state index in [1.54, 1.807) is 0 Å². The fraction of sp³-hybridized carbons (Fsp3) is 0.467. The van der Waals surface area contributed by atoms with Crippen LogP contribution < -0.4 is 9.47 Å². The molecule has 2 aromatic rings. The second-order valence-electron chi connectivity index (χ2n) is 5.40. The molecule has 1 atom stereocenters. The van der Waals surface area contributed by atoms with E-state index in [1.165, 1.54) is 0 Å². The van der Waals surface area contributed by atoms with Gasteiger partial charge < -0.3 is 14.2 Å². The largest absolute Gasteiger partial charge is 0.454 e. The highest BCUT2D eigenvalue weighted by Crippen LogP contribution is 2.33. The van der Waals surface area contributed by atoms with E-state index in [2.05, 4.69) is 10.1 Å². The summed E-state index contributed by atoms with van der Waals surface area (Å²) in [6.07, 6.45) is 1.73. The van der Waals surface area contributed by atoms with Crippen LogP contribution >= 0.6 is 0 Å². The molecule has 0 aliphatic carbocycles. The summed E-state index contributed by atoms with van der Waals surface area (Å²) >= 11 is 0. The second-order valence-corrected chi connectivity index (χ2v) is 5.40. The molecule has 21 heavy (non-hydrogen) atoms. The van der Waals surface area contributed by atoms with Gasteiger partial charge in [-0.25, -0.2) is 9.67 Å². The van der Waals surface area contributed by atoms with Gasteiger partial charge in [-0.3, -0.25) is 0 Å². The number of benzene rings is 1. The minimum atomic E-state index is 0.299. The zero-order valence-electron chi connectivity index (χ0n) is 11.9. The quantitative estimate of drug-likeness (QED) is 0.862. The SMILES string of the molecule is Cc1nc(Cc2ccc3c(c2)OCO3)n(C2CCOC2)n1. The molecule has 3 heterocycles. The lowest BCUT2D eigenvalue weighted by molar-refractivity contribution is 0.174. The van der Waals surface area contributed by atoms with Crippen LogP contribution in [-0.2, 0) is 11.2 Å². The van der Waals surface area contributed by atoms with E-state index in [0.717, 1.165) is 54.8 Å². The molecule has 6 heteroatoms. The molecule has 2 aliphatic rings. The van der Waals surface area contributed by atoms with Gasteiger partial charge in [0.25, 0.3) is 0 Å². The first-order valence-electron chi connectivity index (χ1n) is 7.18. The lowest BCUT2D eigenvalue weighted by atomic mass is 10.1. The number of fused-ring (bicyclic) bond motifs is 1. The Bertz CT molecular complexity index is 662. The third-order valence-corrected chi connectivity index (χ3v) is 3.86. The maximum absolute atomic E-state index is 5.46. The van der Waals surface area contributed by atoms with E-state index in [1.807, 2.05) is 29.8 Å². The first-order chi connectivity index (χ1) is 10.3. The average Bonchev–Trinajstić information content (AvgIpc) is 3.18. The van der Waals surface area contributed by atoms with Gasteiger partial charge in [0.15, 0.2) is 11.5 Å². The van der Waals surface area contributed by atoms with E-state index in [4.69, 9.17) is 14.2 Å². The molecule has 0 amide bonds. The molecule has 1 fully saturated rings. The highest BCUT2D eigenvalue weighted by Gasteiger charge is 2.23. The average molecular weight is 287 g/mol. The zero-order valence-corrected chi connectivity index (χ0v) is 11.9. The van der Waals surface area contributed by atoms with Crippen molar-refractivity contribution in [2.75, 3.05) is 20.0 Å². The zero-order chi connectivity index (χ0) is 14.2. The van der Waals surface area contributed by atoms with Gasteiger partial charge in [-0.15, -0.1) is 0 Å². The van der Waals surface area contributed by atoms with Crippen molar-refractivity contribution in [1.82, 2.24) is 14.8 Å². The maximum Gasteiger partial charge on any atom is 0.231 e. The fourth-order valence-corrected chi connectivity index (χ4v) is 2.84. The van der Waals surface area contributed by atoms with Crippen LogP contribution in [0.3, 0.4) is 0 Å². The van der Waals surface area contributed by atoms with E-state index < -0.39 is 0 Å². The molecule has 4 rings (SSSR count). The number of aromatic nitrogens is 3. The van der Waals surface area contributed by atoms with Crippen molar-refractivity contribution in [3.05, 3.63) is 35.4 Å². The molecular formula is C15H17N3O3. The van der Waals surface area contributed by atoms with E-state index in [-0.39, 0.29) is 0 Å². The van der Waals surface area contributed by atoms with Crippen LogP contribution in [0, 0.1) is 6.92 Å². The van der Waals surface area contributed by atoms with E-state index in [9.17, 15) is 0 Å². The molecule has 0 bridgehead atoms. The van der Waals surface area contributed by atoms with E-state index >= 15 is 0 Å². The van der Waals surface area contributed by atoms with Gasteiger partial charge in [-0.1, -0.05) is 6.07 Å². The van der Waals surface area contributed by atoms with Gasteiger partial charge >= 0.3 is 0 Å². The molecule has 1 aromatic carbocycles. The van der Waals surface area contributed by atoms with Crippen LogP contribution in [0.2, 0.25) is 0 Å². The minimum Gasteiger partial charge on any atom is -0.454 e. The Morgan fingerprint density at radius 2 is 2.19 bits per heavy atom. The molecule has 0 radical (unpaired) electrons. The molecule has 6 nitrogen and oxygen atoms in total. The molecule has 110 valence electrons. The van der Waals surface area contributed by atoms with Gasteiger partial charge in [-0.2, -0.15) is 5.10 Å². The van der Waals surface area contributed by atoms with Crippen molar-refractivity contribution in [2.45, 2.75) is 25.8 Å². The van der Waals surface area contributed by atoms with E-state index in [0.29, 0.717) is 12.8 Å². The van der Waals surface area contributed by atoms with Crippen molar-refractivity contribution < 1.29 is 14.2 Å². The first kappa shape index (κ1) is 12.6. The summed E-state index contributed by atoms with van der Waals surface area (Å²) in [7, 11) is 0. The molecular weight excluding hydrogens is 270 g/mol. The van der Waals surface area contributed by atoms with Gasteiger partial charge in [0.2, 0.25) is 6.79 Å². The predicted octanol–water partition coefficient (Wildman–Crippen LogP) is 1.87. The first-order valence-corrected chi connectivity index (χ1v) is 7.18. The van der Waals surface area contributed by atoms with Crippen molar-refractivity contribution in [1.29, 1.82) is 0 Å². The van der Waals surface area contributed by atoms with Gasteiger partial charge in [-0.05, 0) is 31.0 Å². The summed E-state index contributed by atoms with van der Waals surface area (Å²) in [6.45, 7) is 3.74. The molecule has 0 spiro atoms. The monoisotopic (exact) mass is 287 g/mol.